The number of carbonyl (C=O) groups excluding carboxylic acids is 1. The van der Waals surface area contributed by atoms with Gasteiger partial charge in [-0.2, -0.15) is 0 Å². The molecule has 0 bridgehead atoms. The second-order valence-corrected chi connectivity index (χ2v) is 6.21. The summed E-state index contributed by atoms with van der Waals surface area (Å²) in [7, 11) is 4.28. The van der Waals surface area contributed by atoms with Gasteiger partial charge in [0.15, 0.2) is 5.78 Å². The van der Waals surface area contributed by atoms with Crippen LogP contribution in [0.2, 0.25) is 0 Å². The third-order valence-electron chi connectivity index (χ3n) is 4.35. The number of nitrogens with zero attached hydrogens (tertiary/aromatic N) is 2. The van der Waals surface area contributed by atoms with Crippen molar-refractivity contribution in [1.29, 1.82) is 0 Å². The Kier molecular flexibility index (Phi) is 4.95. The Balaban J connectivity index is 1.94. The Morgan fingerprint density at radius 3 is 2.50 bits per heavy atom. The van der Waals surface area contributed by atoms with E-state index in [-0.39, 0.29) is 5.78 Å². The van der Waals surface area contributed by atoms with Crippen molar-refractivity contribution < 1.29 is 4.79 Å². The molecule has 20 heavy (non-hydrogen) atoms. The fourth-order valence-corrected chi connectivity index (χ4v) is 2.92. The Morgan fingerprint density at radius 2 is 1.90 bits per heavy atom. The van der Waals surface area contributed by atoms with Gasteiger partial charge in [0.25, 0.3) is 0 Å². The van der Waals surface area contributed by atoms with Crippen LogP contribution in [0.3, 0.4) is 0 Å². The molecule has 0 saturated carbocycles. The molecule has 0 amide bonds. The molecule has 1 heterocycles. The van der Waals surface area contributed by atoms with E-state index in [1.165, 1.54) is 0 Å². The molecule has 0 spiro atoms. The van der Waals surface area contributed by atoms with Crippen molar-refractivity contribution in [2.24, 2.45) is 0 Å². The zero-order valence-corrected chi connectivity index (χ0v) is 13.1. The summed E-state index contributed by atoms with van der Waals surface area (Å²) in [5, 5.41) is 0. The number of benzene rings is 1. The van der Waals surface area contributed by atoms with Crippen molar-refractivity contribution >= 4 is 5.78 Å². The van der Waals surface area contributed by atoms with Gasteiger partial charge in [0.1, 0.15) is 0 Å². The number of Topliss-reactive ketones (excluding diaryl/α,β-unsaturated/α-hetero) is 1. The van der Waals surface area contributed by atoms with Gasteiger partial charge in [-0.25, -0.2) is 0 Å². The van der Waals surface area contributed by atoms with E-state index < -0.39 is 0 Å². The third kappa shape index (κ3) is 3.68. The molecular formula is C17H26N2O. The fraction of sp³-hybridized carbons (Fsp3) is 0.588. The third-order valence-corrected chi connectivity index (χ3v) is 4.35. The molecule has 0 radical (unpaired) electrons. The van der Waals surface area contributed by atoms with Crippen molar-refractivity contribution in [3.8, 4) is 0 Å². The zero-order valence-electron chi connectivity index (χ0n) is 13.1. The average Bonchev–Trinajstić information content (AvgIpc) is 2.42. The lowest BCUT2D eigenvalue weighted by Crippen LogP contribution is -2.43. The molecule has 110 valence electrons. The SMILES string of the molecule is Cc1ccc(C)c(C(=O)CN2CCC(N(C)C)CC2)c1. The minimum absolute atomic E-state index is 0.259. The predicted molar refractivity (Wildman–Crippen MR) is 83.4 cm³/mol. The molecule has 1 saturated heterocycles. The summed E-state index contributed by atoms with van der Waals surface area (Å²) in [6.45, 7) is 6.67. The summed E-state index contributed by atoms with van der Waals surface area (Å²) in [6.07, 6.45) is 2.32. The van der Waals surface area contributed by atoms with Crippen molar-refractivity contribution in [3.63, 3.8) is 0 Å². The van der Waals surface area contributed by atoms with Gasteiger partial charge in [-0.3, -0.25) is 9.69 Å². The van der Waals surface area contributed by atoms with Crippen LogP contribution >= 0.6 is 0 Å². The lowest BCUT2D eigenvalue weighted by atomic mass is 10.00. The van der Waals surface area contributed by atoms with E-state index in [2.05, 4.69) is 30.0 Å². The maximum atomic E-state index is 12.4. The maximum absolute atomic E-state index is 12.4. The van der Waals surface area contributed by atoms with E-state index >= 15 is 0 Å². The number of rotatable bonds is 4. The van der Waals surface area contributed by atoms with E-state index in [0.717, 1.165) is 42.6 Å². The van der Waals surface area contributed by atoms with E-state index in [1.807, 2.05) is 26.0 Å². The number of hydrogen-bond acceptors (Lipinski definition) is 3. The van der Waals surface area contributed by atoms with Crippen LogP contribution in [0.1, 0.15) is 34.3 Å². The maximum Gasteiger partial charge on any atom is 0.177 e. The smallest absolute Gasteiger partial charge is 0.177 e. The molecular weight excluding hydrogens is 248 g/mol. The van der Waals surface area contributed by atoms with Crippen LogP contribution in [-0.4, -0.2) is 55.4 Å². The summed E-state index contributed by atoms with van der Waals surface area (Å²) in [6, 6.07) is 6.79. The van der Waals surface area contributed by atoms with Crippen LogP contribution in [0, 0.1) is 13.8 Å². The van der Waals surface area contributed by atoms with Crippen LogP contribution in [-0.2, 0) is 0 Å². The topological polar surface area (TPSA) is 23.6 Å². The number of hydrogen-bond donors (Lipinski definition) is 0. The average molecular weight is 274 g/mol. The Morgan fingerprint density at radius 1 is 1.25 bits per heavy atom. The molecule has 1 fully saturated rings. The molecule has 2 rings (SSSR count). The summed E-state index contributed by atoms with van der Waals surface area (Å²) in [5.74, 6) is 0.259. The first kappa shape index (κ1) is 15.2. The molecule has 0 unspecified atom stereocenters. The first-order valence-corrected chi connectivity index (χ1v) is 7.46. The highest BCUT2D eigenvalue weighted by Gasteiger charge is 2.22. The minimum Gasteiger partial charge on any atom is -0.306 e. The Bertz CT molecular complexity index is 474. The lowest BCUT2D eigenvalue weighted by molar-refractivity contribution is 0.0873. The van der Waals surface area contributed by atoms with Crippen molar-refractivity contribution in [2.45, 2.75) is 32.7 Å². The number of ketones is 1. The zero-order chi connectivity index (χ0) is 14.7. The summed E-state index contributed by atoms with van der Waals surface area (Å²) in [4.78, 5) is 17.0. The van der Waals surface area contributed by atoms with Gasteiger partial charge in [-0.1, -0.05) is 17.7 Å². The molecule has 0 aliphatic carbocycles. The minimum atomic E-state index is 0.259. The first-order valence-electron chi connectivity index (χ1n) is 7.46. The van der Waals surface area contributed by atoms with Gasteiger partial charge in [0.05, 0.1) is 6.54 Å². The van der Waals surface area contributed by atoms with Gasteiger partial charge in [-0.05, 0) is 52.4 Å². The van der Waals surface area contributed by atoms with E-state index in [1.54, 1.807) is 0 Å². The van der Waals surface area contributed by atoms with E-state index in [0.29, 0.717) is 12.6 Å². The highest BCUT2D eigenvalue weighted by Crippen LogP contribution is 2.16. The number of carbonyl (C=O) groups is 1. The van der Waals surface area contributed by atoms with Crippen molar-refractivity contribution in [1.82, 2.24) is 9.80 Å². The molecule has 1 aliphatic heterocycles. The summed E-state index contributed by atoms with van der Waals surface area (Å²) >= 11 is 0. The largest absolute Gasteiger partial charge is 0.306 e. The quantitative estimate of drug-likeness (QED) is 0.788. The number of likely N-dealkylation sites (tertiary alicyclic amines) is 1. The molecule has 3 nitrogen and oxygen atoms in total. The van der Waals surface area contributed by atoms with E-state index in [9.17, 15) is 4.79 Å². The van der Waals surface area contributed by atoms with E-state index in [4.69, 9.17) is 0 Å². The van der Waals surface area contributed by atoms with Gasteiger partial charge in [0, 0.05) is 24.7 Å². The van der Waals surface area contributed by atoms with Crippen molar-refractivity contribution in [2.75, 3.05) is 33.7 Å². The molecule has 3 heteroatoms. The van der Waals surface area contributed by atoms with Crippen LogP contribution in [0.5, 0.6) is 0 Å². The monoisotopic (exact) mass is 274 g/mol. The normalized spacial score (nSPS) is 17.6. The Hall–Kier alpha value is -1.19. The highest BCUT2D eigenvalue weighted by atomic mass is 16.1. The van der Waals surface area contributed by atoms with Gasteiger partial charge < -0.3 is 4.90 Å². The highest BCUT2D eigenvalue weighted by molar-refractivity contribution is 5.99. The summed E-state index contributed by atoms with van der Waals surface area (Å²) in [5.41, 5.74) is 3.13. The van der Waals surface area contributed by atoms with Crippen molar-refractivity contribution in [3.05, 3.63) is 34.9 Å². The van der Waals surface area contributed by atoms with Crippen LogP contribution < -0.4 is 0 Å². The molecule has 1 aromatic carbocycles. The van der Waals surface area contributed by atoms with Crippen LogP contribution in [0.4, 0.5) is 0 Å². The van der Waals surface area contributed by atoms with Crippen LogP contribution in [0.15, 0.2) is 18.2 Å². The molecule has 1 aliphatic rings. The van der Waals surface area contributed by atoms with Gasteiger partial charge in [0.2, 0.25) is 0 Å². The molecule has 0 N–H and O–H groups in total. The first-order chi connectivity index (χ1) is 9.47. The van der Waals surface area contributed by atoms with Gasteiger partial charge >= 0.3 is 0 Å². The molecule has 0 atom stereocenters. The standard InChI is InChI=1S/C17H26N2O/c1-13-5-6-14(2)16(11-13)17(20)12-19-9-7-15(8-10-19)18(3)4/h5-6,11,15H,7-10,12H2,1-4H3. The second-order valence-electron chi connectivity index (χ2n) is 6.21. The van der Waals surface area contributed by atoms with Crippen LogP contribution in [0.25, 0.3) is 0 Å². The lowest BCUT2D eigenvalue weighted by Gasteiger charge is -2.34. The number of piperidine rings is 1. The predicted octanol–water partition coefficient (Wildman–Crippen LogP) is 2.51. The molecule has 0 aromatic heterocycles. The Labute approximate surface area is 122 Å². The van der Waals surface area contributed by atoms with Gasteiger partial charge in [-0.15, -0.1) is 0 Å². The molecule has 1 aromatic rings. The number of aryl methyl sites for hydroxylation is 2. The second kappa shape index (κ2) is 6.51. The fourth-order valence-electron chi connectivity index (χ4n) is 2.92. The summed E-state index contributed by atoms with van der Waals surface area (Å²) < 4.78 is 0.